The van der Waals surface area contributed by atoms with E-state index in [1.807, 2.05) is 0 Å². The van der Waals surface area contributed by atoms with Crippen molar-refractivity contribution < 1.29 is 18.7 Å². The van der Waals surface area contributed by atoms with Gasteiger partial charge < -0.3 is 14.8 Å². The quantitative estimate of drug-likeness (QED) is 0.857. The van der Waals surface area contributed by atoms with Crippen LogP contribution in [0.1, 0.15) is 35.2 Å². The van der Waals surface area contributed by atoms with Gasteiger partial charge in [-0.2, -0.15) is 0 Å². The van der Waals surface area contributed by atoms with Gasteiger partial charge in [0, 0.05) is 12.6 Å². The summed E-state index contributed by atoms with van der Waals surface area (Å²) in [6.45, 7) is 0.579. The van der Waals surface area contributed by atoms with Gasteiger partial charge in [0.05, 0.1) is 24.9 Å². The Morgan fingerprint density at radius 3 is 2.95 bits per heavy atom. The third kappa shape index (κ3) is 2.55. The number of fused-ring (bicyclic) bond motifs is 2. The van der Waals surface area contributed by atoms with E-state index in [1.165, 1.54) is 19.2 Å². The number of esters is 1. The standard InChI is InChI=1S/C15H18FNO3/c1-19-15(18)11-4-2-9(6-12(11)16)8-17-13-7-10-3-5-14(13)20-10/h2,4,6,10,13-14,17H,3,5,7-8H2,1H3. The molecule has 0 aliphatic carbocycles. The molecule has 1 N–H and O–H groups in total. The van der Waals surface area contributed by atoms with E-state index < -0.39 is 11.8 Å². The number of halogens is 1. The molecule has 2 heterocycles. The molecule has 4 nitrogen and oxygen atoms in total. The maximum atomic E-state index is 13.8. The Morgan fingerprint density at radius 2 is 2.35 bits per heavy atom. The van der Waals surface area contributed by atoms with Crippen LogP contribution in [0, 0.1) is 5.82 Å². The van der Waals surface area contributed by atoms with E-state index in [9.17, 15) is 9.18 Å². The Hall–Kier alpha value is -1.46. The first-order valence-corrected chi connectivity index (χ1v) is 6.93. The molecule has 1 aromatic carbocycles. The van der Waals surface area contributed by atoms with Gasteiger partial charge in [0.25, 0.3) is 0 Å². The second kappa shape index (κ2) is 5.50. The van der Waals surface area contributed by atoms with Gasteiger partial charge in [-0.3, -0.25) is 0 Å². The number of carbonyl (C=O) groups excluding carboxylic acids is 1. The highest BCUT2D eigenvalue weighted by molar-refractivity contribution is 5.89. The van der Waals surface area contributed by atoms with Crippen LogP contribution in [0.5, 0.6) is 0 Å². The summed E-state index contributed by atoms with van der Waals surface area (Å²) in [5.74, 6) is -1.19. The van der Waals surface area contributed by atoms with Gasteiger partial charge in [0.2, 0.25) is 0 Å². The second-order valence-corrected chi connectivity index (χ2v) is 5.40. The zero-order chi connectivity index (χ0) is 14.1. The first-order chi connectivity index (χ1) is 9.67. The first-order valence-electron chi connectivity index (χ1n) is 6.93. The van der Waals surface area contributed by atoms with Gasteiger partial charge in [-0.05, 0) is 37.0 Å². The molecule has 3 unspecified atom stereocenters. The first kappa shape index (κ1) is 13.5. The summed E-state index contributed by atoms with van der Waals surface area (Å²) < 4.78 is 24.1. The van der Waals surface area contributed by atoms with E-state index in [0.717, 1.165) is 24.8 Å². The molecule has 2 bridgehead atoms. The lowest BCUT2D eigenvalue weighted by Gasteiger charge is -2.20. The number of hydrogen-bond acceptors (Lipinski definition) is 4. The minimum atomic E-state index is -0.650. The van der Waals surface area contributed by atoms with Gasteiger partial charge in [-0.15, -0.1) is 0 Å². The lowest BCUT2D eigenvalue weighted by atomic mass is 9.95. The van der Waals surface area contributed by atoms with Gasteiger partial charge >= 0.3 is 5.97 Å². The van der Waals surface area contributed by atoms with E-state index in [1.54, 1.807) is 6.07 Å². The zero-order valence-electron chi connectivity index (χ0n) is 11.4. The average Bonchev–Trinajstić information content (AvgIpc) is 3.07. The van der Waals surface area contributed by atoms with Crippen LogP contribution < -0.4 is 5.32 Å². The van der Waals surface area contributed by atoms with Crippen LogP contribution in [0.4, 0.5) is 4.39 Å². The molecule has 108 valence electrons. The van der Waals surface area contributed by atoms with Crippen molar-refractivity contribution in [2.75, 3.05) is 7.11 Å². The SMILES string of the molecule is COC(=O)c1ccc(CNC2CC3CCC2O3)cc1F. The van der Waals surface area contributed by atoms with Gasteiger partial charge in [-0.25, -0.2) is 9.18 Å². The normalized spacial score (nSPS) is 27.8. The molecular formula is C15H18FNO3. The topological polar surface area (TPSA) is 47.6 Å². The highest BCUT2D eigenvalue weighted by Gasteiger charge is 2.40. The molecule has 3 rings (SSSR count). The van der Waals surface area contributed by atoms with Crippen molar-refractivity contribution in [3.8, 4) is 0 Å². The largest absolute Gasteiger partial charge is 0.465 e. The van der Waals surface area contributed by atoms with E-state index in [-0.39, 0.29) is 5.56 Å². The van der Waals surface area contributed by atoms with E-state index in [0.29, 0.717) is 24.8 Å². The lowest BCUT2D eigenvalue weighted by Crippen LogP contribution is -2.37. The van der Waals surface area contributed by atoms with Crippen LogP contribution in [0.2, 0.25) is 0 Å². The summed E-state index contributed by atoms with van der Waals surface area (Å²) in [4.78, 5) is 11.3. The number of rotatable bonds is 4. The van der Waals surface area contributed by atoms with Crippen molar-refractivity contribution in [2.24, 2.45) is 0 Å². The second-order valence-electron chi connectivity index (χ2n) is 5.40. The molecule has 0 saturated carbocycles. The molecule has 2 aliphatic heterocycles. The fourth-order valence-electron chi connectivity index (χ4n) is 3.05. The van der Waals surface area contributed by atoms with E-state index in [4.69, 9.17) is 4.74 Å². The van der Waals surface area contributed by atoms with E-state index >= 15 is 0 Å². The van der Waals surface area contributed by atoms with Crippen LogP contribution in [0.3, 0.4) is 0 Å². The Kier molecular flexibility index (Phi) is 3.72. The maximum absolute atomic E-state index is 13.8. The molecule has 0 spiro atoms. The molecule has 5 heteroatoms. The van der Waals surface area contributed by atoms with Crippen molar-refractivity contribution in [1.29, 1.82) is 0 Å². The molecular weight excluding hydrogens is 261 g/mol. The third-order valence-electron chi connectivity index (χ3n) is 4.11. The van der Waals surface area contributed by atoms with Crippen LogP contribution in [-0.2, 0) is 16.0 Å². The highest BCUT2D eigenvalue weighted by atomic mass is 19.1. The van der Waals surface area contributed by atoms with Crippen LogP contribution in [0.15, 0.2) is 18.2 Å². The predicted molar refractivity (Wildman–Crippen MR) is 70.9 cm³/mol. The van der Waals surface area contributed by atoms with E-state index in [2.05, 4.69) is 10.1 Å². The van der Waals surface area contributed by atoms with Gasteiger partial charge in [0.15, 0.2) is 0 Å². The minimum absolute atomic E-state index is 0.0282. The molecule has 2 fully saturated rings. The minimum Gasteiger partial charge on any atom is -0.465 e. The fourth-order valence-corrected chi connectivity index (χ4v) is 3.05. The molecule has 0 amide bonds. The molecule has 0 radical (unpaired) electrons. The molecule has 2 aliphatic rings. The van der Waals surface area contributed by atoms with Crippen molar-refractivity contribution >= 4 is 5.97 Å². The Balaban J connectivity index is 1.61. The molecule has 0 aromatic heterocycles. The fraction of sp³-hybridized carbons (Fsp3) is 0.533. The number of carbonyl (C=O) groups is 1. The van der Waals surface area contributed by atoms with Crippen LogP contribution in [-0.4, -0.2) is 31.3 Å². The maximum Gasteiger partial charge on any atom is 0.340 e. The van der Waals surface area contributed by atoms with Crippen molar-refractivity contribution in [3.05, 3.63) is 35.1 Å². The summed E-state index contributed by atoms with van der Waals surface area (Å²) in [5.41, 5.74) is 0.789. The van der Waals surface area contributed by atoms with Crippen molar-refractivity contribution in [2.45, 2.75) is 44.1 Å². The monoisotopic (exact) mass is 279 g/mol. The third-order valence-corrected chi connectivity index (χ3v) is 4.11. The zero-order valence-corrected chi connectivity index (χ0v) is 11.4. The number of nitrogens with one attached hydrogen (secondary N) is 1. The van der Waals surface area contributed by atoms with Gasteiger partial charge in [0.1, 0.15) is 5.82 Å². The Bertz CT molecular complexity index is 520. The summed E-state index contributed by atoms with van der Waals surface area (Å²) in [7, 11) is 1.24. The summed E-state index contributed by atoms with van der Waals surface area (Å²) >= 11 is 0. The van der Waals surface area contributed by atoms with Crippen LogP contribution in [0.25, 0.3) is 0 Å². The van der Waals surface area contributed by atoms with Crippen molar-refractivity contribution in [1.82, 2.24) is 5.32 Å². The molecule has 3 atom stereocenters. The van der Waals surface area contributed by atoms with Crippen LogP contribution >= 0.6 is 0 Å². The predicted octanol–water partition coefficient (Wildman–Crippen LogP) is 2.02. The number of ether oxygens (including phenoxy) is 2. The lowest BCUT2D eigenvalue weighted by molar-refractivity contribution is 0.0595. The smallest absolute Gasteiger partial charge is 0.340 e. The highest BCUT2D eigenvalue weighted by Crippen LogP contribution is 2.34. The number of hydrogen-bond donors (Lipinski definition) is 1. The Morgan fingerprint density at radius 1 is 1.50 bits per heavy atom. The van der Waals surface area contributed by atoms with Gasteiger partial charge in [-0.1, -0.05) is 6.07 Å². The Labute approximate surface area is 117 Å². The average molecular weight is 279 g/mol. The number of methoxy groups -OCH3 is 1. The number of benzene rings is 1. The van der Waals surface area contributed by atoms with Crippen molar-refractivity contribution in [3.63, 3.8) is 0 Å². The molecule has 1 aromatic rings. The molecule has 20 heavy (non-hydrogen) atoms. The summed E-state index contributed by atoms with van der Waals surface area (Å²) in [6, 6.07) is 4.95. The molecule has 2 saturated heterocycles. The summed E-state index contributed by atoms with van der Waals surface area (Å²) in [6.07, 6.45) is 4.01. The summed E-state index contributed by atoms with van der Waals surface area (Å²) in [5, 5.41) is 3.41.